The van der Waals surface area contributed by atoms with Crippen LogP contribution < -0.4 is 15.4 Å². The van der Waals surface area contributed by atoms with Gasteiger partial charge in [0.05, 0.1) is 31.0 Å². The number of esters is 1. The molecule has 194 valence electrons. The van der Waals surface area contributed by atoms with Gasteiger partial charge in [0.25, 0.3) is 0 Å². The summed E-state index contributed by atoms with van der Waals surface area (Å²) < 4.78 is 12.2. The molecule has 2 heterocycles. The van der Waals surface area contributed by atoms with Gasteiger partial charge in [0, 0.05) is 21.6 Å². The number of piperidine rings is 1. The quantitative estimate of drug-likeness (QED) is 0.263. The normalized spacial score (nSPS) is 14.2. The molecule has 1 aliphatic rings. The van der Waals surface area contributed by atoms with Crippen LogP contribution in [0.5, 0.6) is 5.75 Å². The van der Waals surface area contributed by atoms with Gasteiger partial charge in [0.2, 0.25) is 5.91 Å². The van der Waals surface area contributed by atoms with Crippen LogP contribution >= 0.6 is 15.9 Å². The van der Waals surface area contributed by atoms with E-state index in [4.69, 9.17) is 9.47 Å². The number of fused-ring (bicyclic) bond motifs is 1. The number of halogens is 1. The number of likely N-dealkylation sites (tertiary alicyclic amines) is 1. The molecule has 3 aromatic rings. The van der Waals surface area contributed by atoms with Crippen molar-refractivity contribution in [3.8, 4) is 5.75 Å². The first kappa shape index (κ1) is 26.6. The third-order valence-corrected chi connectivity index (χ3v) is 6.60. The van der Waals surface area contributed by atoms with Gasteiger partial charge < -0.3 is 20.1 Å². The Morgan fingerprint density at radius 3 is 2.76 bits per heavy atom. The standard InChI is InChI=1S/C27H30BrN5O4/c1-3-25(34)32-23-13-21-22(29-17-30-27(21)31-20-7-5-6-19(28)12-20)14-24(23)37-16-18-8-10-33(11-9-18)15-26(35)36-4-2/h3,5-7,12-14,17-18H,1,4,8-11,15-16H2,2H3,(H,32,34)(H,29,30,31). The largest absolute Gasteiger partial charge is 0.491 e. The van der Waals surface area contributed by atoms with E-state index in [-0.39, 0.29) is 11.9 Å². The molecule has 0 bridgehead atoms. The van der Waals surface area contributed by atoms with Crippen LogP contribution in [0.4, 0.5) is 17.2 Å². The van der Waals surface area contributed by atoms with Crippen LogP contribution in [0.25, 0.3) is 10.9 Å². The number of nitrogens with one attached hydrogen (secondary N) is 2. The highest BCUT2D eigenvalue weighted by atomic mass is 79.9. The molecule has 1 aromatic heterocycles. The molecule has 1 amide bonds. The minimum Gasteiger partial charge on any atom is -0.491 e. The third-order valence-electron chi connectivity index (χ3n) is 6.11. The number of hydrogen-bond acceptors (Lipinski definition) is 8. The summed E-state index contributed by atoms with van der Waals surface area (Å²) in [4.78, 5) is 34.9. The van der Waals surface area contributed by atoms with Crippen molar-refractivity contribution in [2.24, 2.45) is 5.92 Å². The third kappa shape index (κ3) is 7.27. The average Bonchev–Trinajstić information content (AvgIpc) is 2.88. The number of nitrogens with zero attached hydrogens (tertiary/aromatic N) is 3. The van der Waals surface area contributed by atoms with E-state index in [1.165, 1.54) is 12.4 Å². The fourth-order valence-corrected chi connectivity index (χ4v) is 4.59. The smallest absolute Gasteiger partial charge is 0.320 e. The van der Waals surface area contributed by atoms with Crippen LogP contribution in [0.3, 0.4) is 0 Å². The van der Waals surface area contributed by atoms with Gasteiger partial charge in [-0.15, -0.1) is 0 Å². The van der Waals surface area contributed by atoms with E-state index in [1.54, 1.807) is 0 Å². The first-order valence-corrected chi connectivity index (χ1v) is 13.0. The van der Waals surface area contributed by atoms with Crippen molar-refractivity contribution in [2.75, 3.05) is 43.5 Å². The summed E-state index contributed by atoms with van der Waals surface area (Å²) in [5.74, 6) is 0.944. The first-order chi connectivity index (χ1) is 17.9. The highest BCUT2D eigenvalue weighted by Gasteiger charge is 2.22. The van der Waals surface area contributed by atoms with Gasteiger partial charge in [-0.3, -0.25) is 14.5 Å². The summed E-state index contributed by atoms with van der Waals surface area (Å²) in [7, 11) is 0. The molecule has 0 saturated carbocycles. The molecule has 0 aliphatic carbocycles. The summed E-state index contributed by atoms with van der Waals surface area (Å²) in [5.41, 5.74) is 2.06. The maximum Gasteiger partial charge on any atom is 0.320 e. The number of carbonyl (C=O) groups is 2. The van der Waals surface area contributed by atoms with E-state index in [1.807, 2.05) is 43.3 Å². The molecule has 0 spiro atoms. The second-order valence-electron chi connectivity index (χ2n) is 8.75. The van der Waals surface area contributed by atoms with Gasteiger partial charge in [0.15, 0.2) is 0 Å². The molecule has 9 nitrogen and oxygen atoms in total. The molecular formula is C27H30BrN5O4. The van der Waals surface area contributed by atoms with Crippen molar-refractivity contribution in [3.05, 3.63) is 59.9 Å². The number of benzene rings is 2. The average molecular weight is 568 g/mol. The predicted octanol–water partition coefficient (Wildman–Crippen LogP) is 4.91. The van der Waals surface area contributed by atoms with Gasteiger partial charge in [-0.25, -0.2) is 9.97 Å². The Morgan fingerprint density at radius 1 is 1.22 bits per heavy atom. The molecule has 0 radical (unpaired) electrons. The van der Waals surface area contributed by atoms with Crippen LogP contribution in [0, 0.1) is 5.92 Å². The van der Waals surface area contributed by atoms with E-state index in [0.29, 0.717) is 48.4 Å². The lowest BCUT2D eigenvalue weighted by Crippen LogP contribution is -2.39. The van der Waals surface area contributed by atoms with E-state index < -0.39 is 0 Å². The Labute approximate surface area is 224 Å². The molecule has 10 heteroatoms. The second kappa shape index (κ2) is 12.6. The molecule has 4 rings (SSSR count). The molecule has 1 fully saturated rings. The Morgan fingerprint density at radius 2 is 2.03 bits per heavy atom. The summed E-state index contributed by atoms with van der Waals surface area (Å²) in [6, 6.07) is 11.4. The maximum absolute atomic E-state index is 12.2. The van der Waals surface area contributed by atoms with E-state index in [0.717, 1.165) is 41.5 Å². The van der Waals surface area contributed by atoms with Crippen LogP contribution in [-0.4, -0.2) is 59.6 Å². The fourth-order valence-electron chi connectivity index (χ4n) is 4.20. The highest BCUT2D eigenvalue weighted by molar-refractivity contribution is 9.10. The lowest BCUT2D eigenvalue weighted by molar-refractivity contribution is -0.144. The molecule has 1 saturated heterocycles. The van der Waals surface area contributed by atoms with E-state index in [2.05, 4.69) is 48.0 Å². The summed E-state index contributed by atoms with van der Waals surface area (Å²) in [6.07, 6.45) is 4.53. The molecular weight excluding hydrogens is 538 g/mol. The molecule has 2 N–H and O–H groups in total. The summed E-state index contributed by atoms with van der Waals surface area (Å²) in [6.45, 7) is 8.19. The zero-order valence-electron chi connectivity index (χ0n) is 20.7. The molecule has 37 heavy (non-hydrogen) atoms. The molecule has 0 unspecified atom stereocenters. The lowest BCUT2D eigenvalue weighted by Gasteiger charge is -2.31. The van der Waals surface area contributed by atoms with Crippen molar-refractivity contribution < 1.29 is 19.1 Å². The van der Waals surface area contributed by atoms with Gasteiger partial charge in [-0.1, -0.05) is 28.6 Å². The Balaban J connectivity index is 1.50. The van der Waals surface area contributed by atoms with Crippen LogP contribution in [0.2, 0.25) is 0 Å². The summed E-state index contributed by atoms with van der Waals surface area (Å²) >= 11 is 3.48. The Hall–Kier alpha value is -3.50. The van der Waals surface area contributed by atoms with Gasteiger partial charge in [0.1, 0.15) is 17.9 Å². The van der Waals surface area contributed by atoms with E-state index >= 15 is 0 Å². The number of anilines is 3. The molecule has 2 aromatic carbocycles. The van der Waals surface area contributed by atoms with Gasteiger partial charge in [-0.2, -0.15) is 0 Å². The van der Waals surface area contributed by atoms with Crippen molar-refractivity contribution in [1.82, 2.24) is 14.9 Å². The topological polar surface area (TPSA) is 106 Å². The van der Waals surface area contributed by atoms with Crippen LogP contribution in [0.1, 0.15) is 19.8 Å². The molecule has 0 atom stereocenters. The van der Waals surface area contributed by atoms with Crippen LogP contribution in [0.15, 0.2) is 59.9 Å². The zero-order valence-corrected chi connectivity index (χ0v) is 22.3. The number of ether oxygens (including phenoxy) is 2. The number of hydrogen-bond donors (Lipinski definition) is 2. The lowest BCUT2D eigenvalue weighted by atomic mass is 9.98. The predicted molar refractivity (Wildman–Crippen MR) is 147 cm³/mol. The SMILES string of the molecule is C=CC(=O)Nc1cc2c(Nc3cccc(Br)c3)ncnc2cc1OCC1CCN(CC(=O)OCC)CC1. The zero-order chi connectivity index (χ0) is 26.2. The monoisotopic (exact) mass is 567 g/mol. The minimum atomic E-state index is -0.338. The van der Waals surface area contributed by atoms with Gasteiger partial charge in [-0.05, 0) is 69.1 Å². The van der Waals surface area contributed by atoms with Gasteiger partial charge >= 0.3 is 5.97 Å². The second-order valence-corrected chi connectivity index (χ2v) is 9.67. The molecule has 1 aliphatic heterocycles. The Bertz CT molecular complexity index is 1280. The van der Waals surface area contributed by atoms with Crippen molar-refractivity contribution in [2.45, 2.75) is 19.8 Å². The number of amides is 1. The fraction of sp³-hybridized carbons (Fsp3) is 0.333. The number of rotatable bonds is 10. The minimum absolute atomic E-state index is 0.188. The highest BCUT2D eigenvalue weighted by Crippen LogP contribution is 2.34. The van der Waals surface area contributed by atoms with Crippen molar-refractivity contribution >= 4 is 55.9 Å². The van der Waals surface area contributed by atoms with Crippen LogP contribution in [-0.2, 0) is 14.3 Å². The number of aromatic nitrogens is 2. The van der Waals surface area contributed by atoms with Crippen molar-refractivity contribution in [1.29, 1.82) is 0 Å². The Kier molecular flexibility index (Phi) is 9.08. The van der Waals surface area contributed by atoms with E-state index in [9.17, 15) is 9.59 Å². The summed E-state index contributed by atoms with van der Waals surface area (Å²) in [5, 5.41) is 6.90. The maximum atomic E-state index is 12.2. The first-order valence-electron chi connectivity index (χ1n) is 12.2. The number of carbonyl (C=O) groups excluding carboxylic acids is 2. The van der Waals surface area contributed by atoms with Crippen molar-refractivity contribution in [3.63, 3.8) is 0 Å².